The minimum absolute atomic E-state index is 0.0551. The van der Waals surface area contributed by atoms with Crippen LogP contribution in [0.1, 0.15) is 64.7 Å². The van der Waals surface area contributed by atoms with Crippen molar-refractivity contribution in [2.45, 2.75) is 70.8 Å². The molecule has 0 heterocycles. The van der Waals surface area contributed by atoms with Crippen LogP contribution in [0, 0.1) is 28.6 Å². The molecule has 0 unspecified atom stereocenters. The van der Waals surface area contributed by atoms with Crippen LogP contribution in [0.15, 0.2) is 11.1 Å². The molecule has 6 atom stereocenters. The summed E-state index contributed by atoms with van der Waals surface area (Å²) in [5, 5.41) is 10.6. The highest BCUT2D eigenvalue weighted by Crippen LogP contribution is 2.81. The lowest BCUT2D eigenvalue weighted by Crippen LogP contribution is -2.48. The van der Waals surface area contributed by atoms with E-state index in [9.17, 15) is 9.90 Å². The average molecular weight is 286 g/mol. The molecule has 5 aliphatic rings. The van der Waals surface area contributed by atoms with Crippen molar-refractivity contribution in [3.63, 3.8) is 0 Å². The fourth-order valence-electron chi connectivity index (χ4n) is 7.27. The number of aliphatic hydroxyl groups is 1. The van der Waals surface area contributed by atoms with Gasteiger partial charge in [0.2, 0.25) is 0 Å². The van der Waals surface area contributed by atoms with E-state index in [2.05, 4.69) is 6.92 Å². The summed E-state index contributed by atoms with van der Waals surface area (Å²) in [5.74, 6) is 2.83. The summed E-state index contributed by atoms with van der Waals surface area (Å²) in [7, 11) is 0. The Labute approximate surface area is 127 Å². The van der Waals surface area contributed by atoms with Crippen LogP contribution in [0.2, 0.25) is 0 Å². The summed E-state index contributed by atoms with van der Waals surface area (Å²) < 4.78 is 0. The lowest BCUT2D eigenvalue weighted by molar-refractivity contribution is -0.119. The van der Waals surface area contributed by atoms with E-state index in [0.717, 1.165) is 43.4 Å². The quantitative estimate of drug-likeness (QED) is 0.690. The third-order valence-corrected chi connectivity index (χ3v) is 8.32. The number of ketones is 1. The van der Waals surface area contributed by atoms with Crippen LogP contribution in [0.25, 0.3) is 0 Å². The first-order chi connectivity index (χ1) is 10.1. The number of hydrogen-bond donors (Lipinski definition) is 1. The third-order valence-electron chi connectivity index (χ3n) is 8.32. The Hall–Kier alpha value is -0.630. The van der Waals surface area contributed by atoms with Gasteiger partial charge < -0.3 is 5.11 Å². The van der Waals surface area contributed by atoms with Gasteiger partial charge in [-0.05, 0) is 73.5 Å². The first-order valence-electron chi connectivity index (χ1n) is 8.97. The Bertz CT molecular complexity index is 562. The second-order valence-electron chi connectivity index (χ2n) is 8.74. The number of rotatable bonds is 0. The second-order valence-corrected chi connectivity index (χ2v) is 8.74. The van der Waals surface area contributed by atoms with Crippen LogP contribution in [0.5, 0.6) is 0 Å². The number of carbonyl (C=O) groups excluding carboxylic acids is 1. The Balaban J connectivity index is 1.54. The lowest BCUT2D eigenvalue weighted by atomic mass is 9.51. The molecule has 1 N–H and O–H groups in total. The van der Waals surface area contributed by atoms with Crippen molar-refractivity contribution < 1.29 is 9.90 Å². The largest absolute Gasteiger partial charge is 0.393 e. The summed E-state index contributed by atoms with van der Waals surface area (Å²) in [6.45, 7) is 2.38. The summed E-state index contributed by atoms with van der Waals surface area (Å²) in [4.78, 5) is 11.8. The summed E-state index contributed by atoms with van der Waals surface area (Å²) in [5.41, 5.74) is 3.87. The monoisotopic (exact) mass is 286 g/mol. The number of fused-ring (bicyclic) bond motifs is 2. The minimum atomic E-state index is -0.0551. The number of hydrogen-bond acceptors (Lipinski definition) is 2. The van der Waals surface area contributed by atoms with E-state index in [1.54, 1.807) is 5.57 Å². The molecule has 5 aliphatic carbocycles. The SMILES string of the molecule is C[C@]12CC[C@@H]3C4=C(CC[C@H]3[C@@]13C[C@H]3C[C@H]2O)CC(=O)CC4. The van der Waals surface area contributed by atoms with Gasteiger partial charge in [0.05, 0.1) is 6.10 Å². The van der Waals surface area contributed by atoms with E-state index in [-0.39, 0.29) is 11.5 Å². The van der Waals surface area contributed by atoms with Gasteiger partial charge in [-0.15, -0.1) is 0 Å². The van der Waals surface area contributed by atoms with Crippen LogP contribution >= 0.6 is 0 Å². The van der Waals surface area contributed by atoms with E-state index in [1.165, 1.54) is 37.7 Å². The maximum atomic E-state index is 11.8. The first kappa shape index (κ1) is 12.9. The molecule has 0 saturated heterocycles. The van der Waals surface area contributed by atoms with Gasteiger partial charge in [-0.2, -0.15) is 0 Å². The van der Waals surface area contributed by atoms with Crippen molar-refractivity contribution in [1.82, 2.24) is 0 Å². The Morgan fingerprint density at radius 2 is 2.05 bits per heavy atom. The van der Waals surface area contributed by atoms with E-state index >= 15 is 0 Å². The van der Waals surface area contributed by atoms with Gasteiger partial charge in [-0.25, -0.2) is 0 Å². The molecule has 2 nitrogen and oxygen atoms in total. The van der Waals surface area contributed by atoms with Crippen molar-refractivity contribution in [2.75, 3.05) is 0 Å². The maximum absolute atomic E-state index is 11.8. The van der Waals surface area contributed by atoms with Gasteiger partial charge in [-0.3, -0.25) is 4.79 Å². The van der Waals surface area contributed by atoms with Crippen LogP contribution in [-0.2, 0) is 4.79 Å². The molecule has 114 valence electrons. The van der Waals surface area contributed by atoms with Crippen molar-refractivity contribution in [3.8, 4) is 0 Å². The first-order valence-corrected chi connectivity index (χ1v) is 8.97. The fraction of sp³-hybridized carbons (Fsp3) is 0.842. The van der Waals surface area contributed by atoms with E-state index in [0.29, 0.717) is 11.2 Å². The zero-order valence-electron chi connectivity index (χ0n) is 13.0. The molecule has 2 heteroatoms. The van der Waals surface area contributed by atoms with Crippen LogP contribution < -0.4 is 0 Å². The maximum Gasteiger partial charge on any atom is 0.137 e. The number of carbonyl (C=O) groups is 1. The molecular weight excluding hydrogens is 260 g/mol. The summed E-state index contributed by atoms with van der Waals surface area (Å²) >= 11 is 0. The number of Topliss-reactive ketones (excluding diaryl/α,β-unsaturated/α-hetero) is 1. The predicted molar refractivity (Wildman–Crippen MR) is 80.6 cm³/mol. The molecule has 3 fully saturated rings. The topological polar surface area (TPSA) is 37.3 Å². The minimum Gasteiger partial charge on any atom is -0.393 e. The highest BCUT2D eigenvalue weighted by molar-refractivity contribution is 5.82. The van der Waals surface area contributed by atoms with Gasteiger partial charge >= 0.3 is 0 Å². The standard InChI is InChI=1S/C19H26O2/c1-18-7-6-15-14-4-3-13(20)8-11(14)2-5-16(15)19(18)10-12(19)9-17(18)21/h12,15-17,21H,2-10H2,1H3/t12-,15-,16-,17-,18-,19+/m1/s1. The highest BCUT2D eigenvalue weighted by atomic mass is 16.3. The van der Waals surface area contributed by atoms with E-state index in [4.69, 9.17) is 0 Å². The van der Waals surface area contributed by atoms with E-state index in [1.807, 2.05) is 0 Å². The Morgan fingerprint density at radius 1 is 1.19 bits per heavy atom. The van der Waals surface area contributed by atoms with Gasteiger partial charge in [-0.1, -0.05) is 18.1 Å². The van der Waals surface area contributed by atoms with Gasteiger partial charge in [0, 0.05) is 12.8 Å². The smallest absolute Gasteiger partial charge is 0.137 e. The molecule has 0 bridgehead atoms. The molecule has 3 saturated carbocycles. The molecule has 0 aromatic carbocycles. The summed E-state index contributed by atoms with van der Waals surface area (Å²) in [6, 6.07) is 0. The Kier molecular flexibility index (Phi) is 2.34. The molecule has 0 aromatic heterocycles. The predicted octanol–water partition coefficient (Wildman–Crippen LogP) is 3.63. The molecule has 21 heavy (non-hydrogen) atoms. The zero-order chi connectivity index (χ0) is 14.4. The third kappa shape index (κ3) is 1.37. The second kappa shape index (κ2) is 3.82. The fourth-order valence-corrected chi connectivity index (χ4v) is 7.27. The molecule has 5 rings (SSSR count). The van der Waals surface area contributed by atoms with Crippen molar-refractivity contribution in [2.24, 2.45) is 28.6 Å². The number of allylic oxidation sites excluding steroid dienone is 2. The molecule has 0 radical (unpaired) electrons. The van der Waals surface area contributed by atoms with Crippen molar-refractivity contribution >= 4 is 5.78 Å². The van der Waals surface area contributed by atoms with Crippen LogP contribution in [-0.4, -0.2) is 17.0 Å². The number of aliphatic hydroxyl groups excluding tert-OH is 1. The van der Waals surface area contributed by atoms with Gasteiger partial charge in [0.1, 0.15) is 5.78 Å². The van der Waals surface area contributed by atoms with Crippen LogP contribution in [0.4, 0.5) is 0 Å². The van der Waals surface area contributed by atoms with Crippen LogP contribution in [0.3, 0.4) is 0 Å². The van der Waals surface area contributed by atoms with Gasteiger partial charge in [0.25, 0.3) is 0 Å². The molecule has 0 aliphatic heterocycles. The molecule has 0 amide bonds. The van der Waals surface area contributed by atoms with E-state index < -0.39 is 0 Å². The molecule has 0 aromatic rings. The molecule has 1 spiro atoms. The van der Waals surface area contributed by atoms with Gasteiger partial charge in [0.15, 0.2) is 0 Å². The average Bonchev–Trinajstić information content (AvgIpc) is 3.12. The zero-order valence-corrected chi connectivity index (χ0v) is 13.0. The van der Waals surface area contributed by atoms with Crippen molar-refractivity contribution in [3.05, 3.63) is 11.1 Å². The summed E-state index contributed by atoms with van der Waals surface area (Å²) in [6.07, 6.45) is 9.91. The Morgan fingerprint density at radius 3 is 2.90 bits per heavy atom. The normalized spacial score (nSPS) is 54.7. The highest BCUT2D eigenvalue weighted by Gasteiger charge is 2.76. The lowest BCUT2D eigenvalue weighted by Gasteiger charge is -2.53. The molecular formula is C19H26O2. The van der Waals surface area contributed by atoms with Crippen molar-refractivity contribution in [1.29, 1.82) is 0 Å².